The minimum Gasteiger partial charge on any atom is -0.496 e. The molecule has 268 valence electrons. The van der Waals surface area contributed by atoms with Crippen LogP contribution in [0.1, 0.15) is 37.6 Å². The van der Waals surface area contributed by atoms with Gasteiger partial charge < -0.3 is 34.6 Å². The molecule has 0 spiro atoms. The highest BCUT2D eigenvalue weighted by molar-refractivity contribution is 7.92. The first-order valence-corrected chi connectivity index (χ1v) is 19.1. The highest BCUT2D eigenvalue weighted by Gasteiger charge is 2.24. The fraction of sp³-hybridized carbons (Fsp3) is 0.222. The number of aromatic nitrogens is 1. The summed E-state index contributed by atoms with van der Waals surface area (Å²) >= 11 is 0. The van der Waals surface area contributed by atoms with Crippen molar-refractivity contribution in [2.45, 2.75) is 32.6 Å². The van der Waals surface area contributed by atoms with Crippen LogP contribution in [0.4, 0.5) is 21.9 Å². The van der Waals surface area contributed by atoms with Crippen molar-refractivity contribution >= 4 is 56.8 Å². The molecule has 2 amide bonds. The molecule has 5 rings (SSSR count). The van der Waals surface area contributed by atoms with Gasteiger partial charge in [0.15, 0.2) is 5.75 Å². The lowest BCUT2D eigenvalue weighted by Gasteiger charge is -2.24. The Morgan fingerprint density at radius 3 is 2.18 bits per heavy atom. The van der Waals surface area contributed by atoms with Gasteiger partial charge in [0.25, 0.3) is 0 Å². The molecule has 0 bridgehead atoms. The molecular formula is C36H39N4O9PS. The second-order valence-corrected chi connectivity index (χ2v) is 16.1. The zero-order chi connectivity index (χ0) is 37.1. The van der Waals surface area contributed by atoms with Gasteiger partial charge in [-0.3, -0.25) is 14.3 Å². The van der Waals surface area contributed by atoms with Crippen LogP contribution in [-0.4, -0.2) is 49.7 Å². The second kappa shape index (κ2) is 14.6. The summed E-state index contributed by atoms with van der Waals surface area (Å²) in [5.74, 6) is 1.28. The molecule has 1 heterocycles. The quantitative estimate of drug-likeness (QED) is 0.0910. The topological polar surface area (TPSA) is 185 Å². The predicted octanol–water partition coefficient (Wildman–Crippen LogP) is 6.75. The molecule has 0 radical (unpaired) electrons. The summed E-state index contributed by atoms with van der Waals surface area (Å²) < 4.78 is 55.5. The Bertz CT molecular complexity index is 2270. The van der Waals surface area contributed by atoms with Gasteiger partial charge in [-0.25, -0.2) is 13.2 Å². The van der Waals surface area contributed by atoms with Crippen molar-refractivity contribution in [2.75, 3.05) is 35.8 Å². The molecule has 0 aliphatic rings. The molecule has 51 heavy (non-hydrogen) atoms. The fourth-order valence-electron chi connectivity index (χ4n) is 5.42. The largest absolute Gasteiger partial charge is 0.496 e. The molecule has 0 unspecified atom stereocenters. The number of nitrogens with zero attached hydrogens (tertiary/aromatic N) is 1. The van der Waals surface area contributed by atoms with Crippen LogP contribution in [0.25, 0.3) is 10.8 Å². The monoisotopic (exact) mass is 734 g/mol. The number of methoxy groups -OCH3 is 2. The first kappa shape index (κ1) is 37.1. The van der Waals surface area contributed by atoms with Gasteiger partial charge in [-0.05, 0) is 59.0 Å². The Kier molecular flexibility index (Phi) is 10.6. The normalized spacial score (nSPS) is 11.9. The SMILES string of the molecule is COc1cc(Cc2cc(Oc3ccc(NC(=O)Nc4cc(C(C)(C)C)cc(NS(C)(=O)=O)c4OC)c4ccccc34)ccn2)ccc1P(=O)(O)O. The Balaban J connectivity index is 1.38. The zero-order valence-electron chi connectivity index (χ0n) is 28.8. The molecule has 0 atom stereocenters. The van der Waals surface area contributed by atoms with E-state index in [4.69, 9.17) is 14.2 Å². The van der Waals surface area contributed by atoms with E-state index in [2.05, 4.69) is 20.3 Å². The van der Waals surface area contributed by atoms with Gasteiger partial charge in [-0.2, -0.15) is 0 Å². The van der Waals surface area contributed by atoms with E-state index in [0.717, 1.165) is 22.8 Å². The van der Waals surface area contributed by atoms with E-state index in [1.807, 2.05) is 45.0 Å². The summed E-state index contributed by atoms with van der Waals surface area (Å²) in [5.41, 5.74) is 2.76. The highest BCUT2D eigenvalue weighted by Crippen LogP contribution is 2.40. The summed E-state index contributed by atoms with van der Waals surface area (Å²) in [4.78, 5) is 37.1. The van der Waals surface area contributed by atoms with E-state index < -0.39 is 23.7 Å². The minimum absolute atomic E-state index is 0.0911. The molecule has 1 aromatic heterocycles. The van der Waals surface area contributed by atoms with Gasteiger partial charge in [0, 0.05) is 35.2 Å². The summed E-state index contributed by atoms with van der Waals surface area (Å²) in [5, 5.41) is 6.94. The van der Waals surface area contributed by atoms with Gasteiger partial charge in [0.2, 0.25) is 10.0 Å². The van der Waals surface area contributed by atoms with Crippen molar-refractivity contribution in [3.05, 3.63) is 102 Å². The number of carbonyl (C=O) groups excluding carboxylic acids is 1. The maximum Gasteiger partial charge on any atom is 0.359 e. The van der Waals surface area contributed by atoms with Crippen LogP contribution in [0, 0.1) is 0 Å². The molecule has 5 aromatic rings. The highest BCUT2D eigenvalue weighted by atomic mass is 32.2. The lowest BCUT2D eigenvalue weighted by atomic mass is 9.86. The van der Waals surface area contributed by atoms with Gasteiger partial charge in [0.1, 0.15) is 22.6 Å². The zero-order valence-corrected chi connectivity index (χ0v) is 30.6. The number of hydrogen-bond donors (Lipinski definition) is 5. The van der Waals surface area contributed by atoms with Crippen LogP contribution in [0.5, 0.6) is 23.0 Å². The fourth-order valence-corrected chi connectivity index (χ4v) is 6.68. The summed E-state index contributed by atoms with van der Waals surface area (Å²) in [7, 11) is -5.40. The van der Waals surface area contributed by atoms with Crippen molar-refractivity contribution in [1.29, 1.82) is 0 Å². The molecule has 0 aliphatic heterocycles. The number of ether oxygens (including phenoxy) is 3. The van der Waals surface area contributed by atoms with Crippen molar-refractivity contribution in [3.63, 3.8) is 0 Å². The maximum atomic E-state index is 13.4. The number of anilines is 3. The lowest BCUT2D eigenvalue weighted by Crippen LogP contribution is -2.22. The third-order valence-electron chi connectivity index (χ3n) is 7.79. The van der Waals surface area contributed by atoms with Crippen LogP contribution < -0.4 is 34.9 Å². The Morgan fingerprint density at radius 1 is 0.843 bits per heavy atom. The summed E-state index contributed by atoms with van der Waals surface area (Å²) in [6, 6.07) is 21.7. The number of carbonyl (C=O) groups is 1. The smallest absolute Gasteiger partial charge is 0.359 e. The first-order valence-electron chi connectivity index (χ1n) is 15.6. The molecule has 0 fully saturated rings. The van der Waals surface area contributed by atoms with Crippen LogP contribution in [0.15, 0.2) is 85.1 Å². The van der Waals surface area contributed by atoms with Crippen LogP contribution in [-0.2, 0) is 26.4 Å². The molecule has 13 nitrogen and oxygen atoms in total. The van der Waals surface area contributed by atoms with Gasteiger partial charge in [-0.15, -0.1) is 0 Å². The molecule has 0 saturated heterocycles. The molecule has 15 heteroatoms. The van der Waals surface area contributed by atoms with E-state index in [0.29, 0.717) is 34.7 Å². The molecule has 0 saturated carbocycles. The number of rotatable bonds is 11. The number of sulfonamides is 1. The van der Waals surface area contributed by atoms with E-state index in [9.17, 15) is 27.6 Å². The van der Waals surface area contributed by atoms with Crippen LogP contribution in [0.3, 0.4) is 0 Å². The van der Waals surface area contributed by atoms with Crippen molar-refractivity contribution in [1.82, 2.24) is 4.98 Å². The Labute approximate surface area is 296 Å². The maximum absolute atomic E-state index is 13.4. The standard InChI is InChI=1S/C36H39N4O9PS/c1-36(2,3)23-19-29(34(48-5)30(20-23)40-51(6,45)46)39-35(41)38-28-12-13-31(27-10-8-7-9-26(27)28)49-25-15-16-37-24(21-25)17-22-11-14-33(50(42,43)44)32(18-22)47-4/h7-16,18-21,40H,17H2,1-6H3,(H2,38,39,41)(H2,42,43,44). The van der Waals surface area contributed by atoms with Crippen molar-refractivity contribution in [2.24, 2.45) is 0 Å². The minimum atomic E-state index is -4.50. The predicted molar refractivity (Wildman–Crippen MR) is 199 cm³/mol. The number of hydrogen-bond acceptors (Lipinski definition) is 8. The van der Waals surface area contributed by atoms with Gasteiger partial charge in [-0.1, -0.05) is 51.1 Å². The molecule has 5 N–H and O–H groups in total. The van der Waals surface area contributed by atoms with E-state index in [1.54, 1.807) is 54.7 Å². The van der Waals surface area contributed by atoms with E-state index in [1.165, 1.54) is 20.3 Å². The van der Waals surface area contributed by atoms with Gasteiger partial charge in [0.05, 0.1) is 37.5 Å². The van der Waals surface area contributed by atoms with Crippen molar-refractivity contribution < 1.29 is 41.8 Å². The summed E-state index contributed by atoms with van der Waals surface area (Å²) in [6.07, 6.45) is 3.00. The average molecular weight is 735 g/mol. The third-order valence-corrected chi connectivity index (χ3v) is 9.38. The summed E-state index contributed by atoms with van der Waals surface area (Å²) in [6.45, 7) is 5.91. The Morgan fingerprint density at radius 2 is 1.53 bits per heavy atom. The van der Waals surface area contributed by atoms with Crippen LogP contribution >= 0.6 is 7.60 Å². The first-order chi connectivity index (χ1) is 23.9. The molecular weight excluding hydrogens is 695 g/mol. The van der Waals surface area contributed by atoms with E-state index in [-0.39, 0.29) is 33.6 Å². The Hall–Kier alpha value is -5.14. The molecule has 0 aliphatic carbocycles. The number of fused-ring (bicyclic) bond motifs is 1. The number of nitrogens with one attached hydrogen (secondary N) is 3. The van der Waals surface area contributed by atoms with Crippen LogP contribution in [0.2, 0.25) is 0 Å². The van der Waals surface area contributed by atoms with E-state index >= 15 is 0 Å². The number of pyridine rings is 1. The number of urea groups is 1. The third kappa shape index (κ3) is 9.16. The van der Waals surface area contributed by atoms with Crippen molar-refractivity contribution in [3.8, 4) is 23.0 Å². The average Bonchev–Trinajstić information content (AvgIpc) is 3.04. The number of benzene rings is 4. The molecule has 4 aromatic carbocycles. The number of amides is 2. The second-order valence-electron chi connectivity index (χ2n) is 12.8. The van der Waals surface area contributed by atoms with Gasteiger partial charge >= 0.3 is 13.6 Å². The lowest BCUT2D eigenvalue weighted by molar-refractivity contribution is 0.262.